The summed E-state index contributed by atoms with van der Waals surface area (Å²) >= 11 is 0. The van der Waals surface area contributed by atoms with Crippen molar-refractivity contribution in [2.75, 3.05) is 5.73 Å². The molecule has 0 aliphatic rings. The highest BCUT2D eigenvalue weighted by Gasteiger charge is 2.09. The molecule has 5 nitrogen and oxygen atoms in total. The summed E-state index contributed by atoms with van der Waals surface area (Å²) in [5.74, 6) is 0.950. The van der Waals surface area contributed by atoms with Crippen molar-refractivity contribution in [3.8, 4) is 22.9 Å². The van der Waals surface area contributed by atoms with Crippen molar-refractivity contribution in [3.05, 3.63) is 48.8 Å². The fraction of sp³-hybridized carbons (Fsp3) is 0. The summed E-state index contributed by atoms with van der Waals surface area (Å²) in [6.45, 7) is 0. The van der Waals surface area contributed by atoms with Gasteiger partial charge in [0.05, 0.1) is 0 Å². The van der Waals surface area contributed by atoms with Gasteiger partial charge in [0.1, 0.15) is 0 Å². The monoisotopic (exact) mass is 238 g/mol. The zero-order chi connectivity index (χ0) is 12.4. The van der Waals surface area contributed by atoms with Gasteiger partial charge in [-0.2, -0.15) is 0 Å². The summed E-state index contributed by atoms with van der Waals surface area (Å²) in [7, 11) is 0. The van der Waals surface area contributed by atoms with E-state index in [9.17, 15) is 0 Å². The Balaban J connectivity index is 1.97. The van der Waals surface area contributed by atoms with E-state index in [1.165, 1.54) is 0 Å². The number of nitrogen functional groups attached to an aromatic ring is 1. The number of hydrogen-bond acceptors (Lipinski definition) is 5. The fourth-order valence-electron chi connectivity index (χ4n) is 1.58. The van der Waals surface area contributed by atoms with Crippen molar-refractivity contribution in [1.29, 1.82) is 0 Å². The van der Waals surface area contributed by atoms with Crippen LogP contribution in [0.2, 0.25) is 0 Å². The first kappa shape index (κ1) is 10.5. The van der Waals surface area contributed by atoms with Crippen LogP contribution in [0.4, 0.5) is 5.69 Å². The summed E-state index contributed by atoms with van der Waals surface area (Å²) in [5, 5.41) is 8.02. The number of benzene rings is 1. The van der Waals surface area contributed by atoms with Crippen molar-refractivity contribution in [3.63, 3.8) is 0 Å². The number of rotatable bonds is 2. The average molecular weight is 238 g/mol. The molecule has 1 aromatic carbocycles. The molecular weight excluding hydrogens is 228 g/mol. The van der Waals surface area contributed by atoms with Crippen molar-refractivity contribution >= 4 is 5.69 Å². The topological polar surface area (TPSA) is 77.8 Å². The SMILES string of the molecule is Nc1ccc(-c2nnc(-c3ccncc3)o2)cc1. The van der Waals surface area contributed by atoms with Crippen LogP contribution in [0.25, 0.3) is 22.9 Å². The van der Waals surface area contributed by atoms with Crippen LogP contribution in [0.1, 0.15) is 0 Å². The molecule has 3 rings (SSSR count). The molecule has 2 heterocycles. The molecule has 0 saturated carbocycles. The van der Waals surface area contributed by atoms with E-state index >= 15 is 0 Å². The second kappa shape index (κ2) is 4.29. The lowest BCUT2D eigenvalue weighted by Crippen LogP contribution is -1.83. The zero-order valence-corrected chi connectivity index (χ0v) is 9.45. The van der Waals surface area contributed by atoms with Crippen LogP contribution in [0, 0.1) is 0 Å². The Morgan fingerprint density at radius 2 is 1.33 bits per heavy atom. The van der Waals surface area contributed by atoms with E-state index in [4.69, 9.17) is 10.2 Å². The normalized spacial score (nSPS) is 10.4. The van der Waals surface area contributed by atoms with Crippen molar-refractivity contribution in [2.24, 2.45) is 0 Å². The summed E-state index contributed by atoms with van der Waals surface area (Å²) in [5.41, 5.74) is 8.02. The van der Waals surface area contributed by atoms with E-state index in [1.54, 1.807) is 24.5 Å². The highest BCUT2D eigenvalue weighted by Crippen LogP contribution is 2.23. The Labute approximate surface area is 103 Å². The Kier molecular flexibility index (Phi) is 2.49. The van der Waals surface area contributed by atoms with Crippen LogP contribution < -0.4 is 5.73 Å². The maximum absolute atomic E-state index is 5.63. The summed E-state index contributed by atoms with van der Waals surface area (Å²) < 4.78 is 5.60. The van der Waals surface area contributed by atoms with Gasteiger partial charge in [0.25, 0.3) is 0 Å². The lowest BCUT2D eigenvalue weighted by Gasteiger charge is -1.95. The first-order valence-electron chi connectivity index (χ1n) is 5.43. The Morgan fingerprint density at radius 3 is 1.94 bits per heavy atom. The lowest BCUT2D eigenvalue weighted by atomic mass is 10.2. The Bertz CT molecular complexity index is 646. The van der Waals surface area contributed by atoms with E-state index in [0.717, 1.165) is 11.1 Å². The molecule has 0 aliphatic carbocycles. The number of nitrogens with zero attached hydrogens (tertiary/aromatic N) is 3. The third-order valence-corrected chi connectivity index (χ3v) is 2.51. The molecule has 0 fully saturated rings. The van der Waals surface area contributed by atoms with E-state index in [1.807, 2.05) is 24.3 Å². The first-order valence-corrected chi connectivity index (χ1v) is 5.43. The number of nitrogens with two attached hydrogens (primary N) is 1. The molecule has 3 aromatic rings. The van der Waals surface area contributed by atoms with Crippen LogP contribution >= 0.6 is 0 Å². The van der Waals surface area contributed by atoms with Crippen LogP contribution in [-0.4, -0.2) is 15.2 Å². The van der Waals surface area contributed by atoms with Crippen molar-refractivity contribution < 1.29 is 4.42 Å². The average Bonchev–Trinajstić information content (AvgIpc) is 2.90. The number of pyridine rings is 1. The maximum Gasteiger partial charge on any atom is 0.248 e. The maximum atomic E-state index is 5.63. The van der Waals surface area contributed by atoms with Gasteiger partial charge in [0.2, 0.25) is 11.8 Å². The Morgan fingerprint density at radius 1 is 0.778 bits per heavy atom. The molecule has 0 atom stereocenters. The van der Waals surface area contributed by atoms with Crippen LogP contribution in [0.5, 0.6) is 0 Å². The minimum atomic E-state index is 0.474. The highest BCUT2D eigenvalue weighted by atomic mass is 16.4. The summed E-state index contributed by atoms with van der Waals surface area (Å²) in [4.78, 5) is 3.94. The first-order chi connectivity index (χ1) is 8.83. The standard InChI is InChI=1S/C13H10N4O/c14-11-3-1-9(2-4-11)12-16-17-13(18-12)10-5-7-15-8-6-10/h1-8H,14H2. The fourth-order valence-corrected chi connectivity index (χ4v) is 1.58. The largest absolute Gasteiger partial charge is 0.416 e. The second-order valence-electron chi connectivity index (χ2n) is 3.77. The number of hydrogen-bond donors (Lipinski definition) is 1. The molecule has 0 amide bonds. The van der Waals surface area contributed by atoms with Gasteiger partial charge >= 0.3 is 0 Å². The molecule has 2 aromatic heterocycles. The predicted molar refractivity (Wildman–Crippen MR) is 67.4 cm³/mol. The molecule has 2 N–H and O–H groups in total. The molecule has 0 radical (unpaired) electrons. The molecule has 0 aliphatic heterocycles. The van der Waals surface area contributed by atoms with Gasteiger partial charge in [-0.25, -0.2) is 0 Å². The molecular formula is C13H10N4O. The van der Waals surface area contributed by atoms with Gasteiger partial charge in [0, 0.05) is 29.2 Å². The van der Waals surface area contributed by atoms with E-state index in [2.05, 4.69) is 15.2 Å². The highest BCUT2D eigenvalue weighted by molar-refractivity contribution is 5.59. The van der Waals surface area contributed by atoms with Gasteiger partial charge in [0.15, 0.2) is 0 Å². The zero-order valence-electron chi connectivity index (χ0n) is 9.45. The van der Waals surface area contributed by atoms with Crippen LogP contribution in [0.15, 0.2) is 53.2 Å². The van der Waals surface area contributed by atoms with Crippen LogP contribution in [-0.2, 0) is 0 Å². The smallest absolute Gasteiger partial charge is 0.248 e. The van der Waals surface area contributed by atoms with Crippen molar-refractivity contribution in [1.82, 2.24) is 15.2 Å². The second-order valence-corrected chi connectivity index (χ2v) is 3.77. The number of anilines is 1. The van der Waals surface area contributed by atoms with Gasteiger partial charge in [-0.05, 0) is 36.4 Å². The van der Waals surface area contributed by atoms with Gasteiger partial charge < -0.3 is 10.2 Å². The van der Waals surface area contributed by atoms with E-state index < -0.39 is 0 Å². The van der Waals surface area contributed by atoms with Gasteiger partial charge in [-0.3, -0.25) is 4.98 Å². The molecule has 0 saturated heterocycles. The van der Waals surface area contributed by atoms with Crippen molar-refractivity contribution in [2.45, 2.75) is 0 Å². The third-order valence-electron chi connectivity index (χ3n) is 2.51. The molecule has 88 valence electrons. The van der Waals surface area contributed by atoms with E-state index in [0.29, 0.717) is 17.5 Å². The minimum absolute atomic E-state index is 0.474. The molecule has 18 heavy (non-hydrogen) atoms. The lowest BCUT2D eigenvalue weighted by molar-refractivity contribution is 0.584. The van der Waals surface area contributed by atoms with Gasteiger partial charge in [-0.15, -0.1) is 10.2 Å². The van der Waals surface area contributed by atoms with Gasteiger partial charge in [-0.1, -0.05) is 0 Å². The molecule has 5 heteroatoms. The summed E-state index contributed by atoms with van der Waals surface area (Å²) in [6.07, 6.45) is 3.37. The van der Waals surface area contributed by atoms with Crippen LogP contribution in [0.3, 0.4) is 0 Å². The molecule has 0 unspecified atom stereocenters. The summed E-state index contributed by atoms with van der Waals surface area (Å²) in [6, 6.07) is 10.9. The molecule has 0 bridgehead atoms. The van der Waals surface area contributed by atoms with E-state index in [-0.39, 0.29) is 0 Å². The Hall–Kier alpha value is -2.69. The predicted octanol–water partition coefficient (Wildman–Crippen LogP) is 2.38. The quantitative estimate of drug-likeness (QED) is 0.693. The number of aromatic nitrogens is 3. The molecule has 0 spiro atoms. The minimum Gasteiger partial charge on any atom is -0.416 e. The third kappa shape index (κ3) is 1.93.